The van der Waals surface area contributed by atoms with Crippen molar-refractivity contribution >= 4 is 20.0 Å². The van der Waals surface area contributed by atoms with Crippen LogP contribution in [-0.4, -0.2) is 33.3 Å². The van der Waals surface area contributed by atoms with E-state index in [0.717, 1.165) is 37.1 Å². The van der Waals surface area contributed by atoms with Gasteiger partial charge in [0.05, 0.1) is 0 Å². The number of hydrogen-bond acceptors (Lipinski definition) is 4. The molecular formula is C13H25N3OSi. The third-order valence-corrected chi connectivity index (χ3v) is 4.74. The lowest BCUT2D eigenvalue weighted by molar-refractivity contribution is 0.134. The zero-order valence-electron chi connectivity index (χ0n) is 11.7. The Morgan fingerprint density at radius 1 is 1.33 bits per heavy atom. The predicted molar refractivity (Wildman–Crippen MR) is 79.5 cm³/mol. The van der Waals surface area contributed by atoms with Crippen molar-refractivity contribution in [2.75, 3.05) is 13.3 Å². The van der Waals surface area contributed by atoms with E-state index in [-0.39, 0.29) is 0 Å². The van der Waals surface area contributed by atoms with Crippen LogP contribution < -0.4 is 5.32 Å². The molecule has 102 valence electrons. The summed E-state index contributed by atoms with van der Waals surface area (Å²) in [6, 6.07) is 1.17. The quantitative estimate of drug-likeness (QED) is 0.287. The molecule has 0 bridgehead atoms. The minimum Gasteiger partial charge on any atom is -0.365 e. The Bertz CT molecular complexity index is 345. The Balaban J connectivity index is 2.34. The van der Waals surface area contributed by atoms with Crippen LogP contribution in [0.5, 0.6) is 0 Å². The second-order valence-electron chi connectivity index (χ2n) is 5.91. The van der Waals surface area contributed by atoms with Crippen molar-refractivity contribution in [3.63, 3.8) is 0 Å². The van der Waals surface area contributed by atoms with Gasteiger partial charge in [0.25, 0.3) is 0 Å². The van der Waals surface area contributed by atoms with E-state index in [4.69, 9.17) is 15.6 Å². The number of rotatable bonds is 7. The normalized spacial score (nSPS) is 16.9. The Kier molecular flexibility index (Phi) is 5.75. The first-order chi connectivity index (χ1) is 8.44. The molecule has 0 atom stereocenters. The van der Waals surface area contributed by atoms with E-state index in [1.54, 1.807) is 0 Å². The highest BCUT2D eigenvalue weighted by Crippen LogP contribution is 2.18. The lowest BCUT2D eigenvalue weighted by Gasteiger charge is -2.21. The average molecular weight is 267 g/mol. The van der Waals surface area contributed by atoms with E-state index in [1.807, 2.05) is 0 Å². The maximum Gasteiger partial charge on any atom is 0.116 e. The largest absolute Gasteiger partial charge is 0.365 e. The van der Waals surface area contributed by atoms with Crippen LogP contribution in [0.15, 0.2) is 11.3 Å². The molecule has 0 aliphatic heterocycles. The van der Waals surface area contributed by atoms with Crippen molar-refractivity contribution in [1.82, 2.24) is 5.32 Å². The van der Waals surface area contributed by atoms with E-state index in [1.165, 1.54) is 12.3 Å². The van der Waals surface area contributed by atoms with E-state index in [9.17, 15) is 0 Å². The number of nitrogens with one attached hydrogen (secondary N) is 3. The fourth-order valence-electron chi connectivity index (χ4n) is 1.84. The third-order valence-electron chi connectivity index (χ3n) is 3.03. The van der Waals surface area contributed by atoms with E-state index >= 15 is 0 Å². The first-order valence-electron chi connectivity index (χ1n) is 6.57. The van der Waals surface area contributed by atoms with Gasteiger partial charge in [-0.3, -0.25) is 0 Å². The molecule has 0 saturated heterocycles. The Labute approximate surface area is 111 Å². The van der Waals surface area contributed by atoms with Crippen LogP contribution in [0, 0.1) is 10.8 Å². The van der Waals surface area contributed by atoms with Crippen LogP contribution >= 0.6 is 0 Å². The first kappa shape index (κ1) is 15.1. The summed E-state index contributed by atoms with van der Waals surface area (Å²) in [5.74, 6) is 0. The van der Waals surface area contributed by atoms with Crippen molar-refractivity contribution in [1.29, 1.82) is 10.8 Å². The molecule has 0 unspecified atom stereocenters. The molecule has 0 amide bonds. The summed E-state index contributed by atoms with van der Waals surface area (Å²) in [6.45, 7) is 8.30. The summed E-state index contributed by atoms with van der Waals surface area (Å²) in [5.41, 5.74) is 2.31. The molecule has 0 aromatic rings. The minimum atomic E-state index is -1.01. The van der Waals surface area contributed by atoms with E-state index in [0.29, 0.717) is 12.4 Å². The maximum atomic E-state index is 7.79. The highest BCUT2D eigenvalue weighted by atomic mass is 28.3. The Morgan fingerprint density at radius 2 is 2.06 bits per heavy atom. The van der Waals surface area contributed by atoms with Gasteiger partial charge in [0, 0.05) is 37.9 Å². The van der Waals surface area contributed by atoms with Gasteiger partial charge in [-0.25, -0.2) is 0 Å². The van der Waals surface area contributed by atoms with Crippen LogP contribution in [-0.2, 0) is 4.74 Å². The SMILES string of the molecule is C[Si](C)(C)CCOCNC1=C(C=N)C(=N)CCC1. The summed E-state index contributed by atoms with van der Waals surface area (Å²) >= 11 is 0. The van der Waals surface area contributed by atoms with Crippen molar-refractivity contribution in [2.24, 2.45) is 0 Å². The molecule has 1 aliphatic rings. The van der Waals surface area contributed by atoms with Crippen molar-refractivity contribution in [3.8, 4) is 0 Å². The van der Waals surface area contributed by atoms with Crippen LogP contribution in [0.1, 0.15) is 19.3 Å². The van der Waals surface area contributed by atoms with E-state index in [2.05, 4.69) is 25.0 Å². The van der Waals surface area contributed by atoms with Crippen molar-refractivity contribution in [2.45, 2.75) is 44.9 Å². The Morgan fingerprint density at radius 3 is 2.67 bits per heavy atom. The minimum absolute atomic E-state index is 0.491. The summed E-state index contributed by atoms with van der Waals surface area (Å²) < 4.78 is 5.58. The van der Waals surface area contributed by atoms with E-state index < -0.39 is 8.07 Å². The molecule has 0 saturated carbocycles. The summed E-state index contributed by atoms with van der Waals surface area (Å²) in [7, 11) is -1.01. The highest BCUT2D eigenvalue weighted by molar-refractivity contribution is 6.76. The van der Waals surface area contributed by atoms with Crippen LogP contribution in [0.2, 0.25) is 25.7 Å². The lowest BCUT2D eigenvalue weighted by Crippen LogP contribution is -2.27. The standard InChI is InChI=1S/C13H25N3OSi/c1-18(2,3)8-7-17-10-16-13-6-4-5-12(15)11(13)9-14/h9,14-16H,4-8,10H2,1-3H3. The molecule has 18 heavy (non-hydrogen) atoms. The first-order valence-corrected chi connectivity index (χ1v) is 10.3. The van der Waals surface area contributed by atoms with Gasteiger partial charge >= 0.3 is 0 Å². The molecule has 1 aliphatic carbocycles. The van der Waals surface area contributed by atoms with Gasteiger partial charge in [0.2, 0.25) is 0 Å². The second kappa shape index (κ2) is 6.85. The molecule has 0 radical (unpaired) electrons. The van der Waals surface area contributed by atoms with Gasteiger partial charge in [0.1, 0.15) is 6.73 Å². The average Bonchev–Trinajstić information content (AvgIpc) is 2.27. The summed E-state index contributed by atoms with van der Waals surface area (Å²) in [4.78, 5) is 0. The fourth-order valence-corrected chi connectivity index (χ4v) is 2.60. The van der Waals surface area contributed by atoms with Crippen molar-refractivity contribution < 1.29 is 4.74 Å². The molecule has 0 aromatic carbocycles. The number of ether oxygens (including phenoxy) is 1. The van der Waals surface area contributed by atoms with Gasteiger partial charge in [-0.05, 0) is 25.3 Å². The highest BCUT2D eigenvalue weighted by Gasteiger charge is 2.16. The smallest absolute Gasteiger partial charge is 0.116 e. The molecule has 4 nitrogen and oxygen atoms in total. The van der Waals surface area contributed by atoms with Crippen molar-refractivity contribution in [3.05, 3.63) is 11.3 Å². The third kappa shape index (κ3) is 5.14. The number of allylic oxidation sites excluding steroid dienone is 2. The van der Waals surface area contributed by atoms with Gasteiger partial charge in [-0.2, -0.15) is 0 Å². The number of hydrogen-bond donors (Lipinski definition) is 3. The molecule has 0 aromatic heterocycles. The molecule has 0 heterocycles. The van der Waals surface area contributed by atoms with Gasteiger partial charge in [0.15, 0.2) is 0 Å². The fraction of sp³-hybridized carbons (Fsp3) is 0.692. The zero-order valence-corrected chi connectivity index (χ0v) is 12.7. The van der Waals surface area contributed by atoms with Crippen LogP contribution in [0.3, 0.4) is 0 Å². The summed E-state index contributed by atoms with van der Waals surface area (Å²) in [6.07, 6.45) is 3.98. The van der Waals surface area contributed by atoms with Gasteiger partial charge in [-0.15, -0.1) is 0 Å². The maximum absolute atomic E-state index is 7.79. The summed E-state index contributed by atoms with van der Waals surface area (Å²) in [5, 5.41) is 18.4. The van der Waals surface area contributed by atoms with Gasteiger partial charge in [-0.1, -0.05) is 19.6 Å². The second-order valence-corrected chi connectivity index (χ2v) is 11.5. The molecule has 0 fully saturated rings. The van der Waals surface area contributed by atoms with Crippen LogP contribution in [0.4, 0.5) is 0 Å². The predicted octanol–water partition coefficient (Wildman–Crippen LogP) is 3.00. The molecule has 5 heteroatoms. The zero-order chi connectivity index (χ0) is 13.6. The molecule has 3 N–H and O–H groups in total. The Hall–Kier alpha value is -0.943. The topological polar surface area (TPSA) is 69.0 Å². The molecular weight excluding hydrogens is 242 g/mol. The molecule has 0 spiro atoms. The van der Waals surface area contributed by atoms with Crippen LogP contribution in [0.25, 0.3) is 0 Å². The monoisotopic (exact) mass is 267 g/mol. The lowest BCUT2D eigenvalue weighted by atomic mass is 9.95. The molecule has 1 rings (SSSR count). The van der Waals surface area contributed by atoms with Gasteiger partial charge < -0.3 is 20.9 Å².